The van der Waals surface area contributed by atoms with Crippen molar-refractivity contribution in [1.29, 1.82) is 0 Å². The van der Waals surface area contributed by atoms with Gasteiger partial charge in [-0.15, -0.1) is 0 Å². The first-order valence-electron chi connectivity index (χ1n) is 14.2. The molecule has 3 N–H and O–H groups in total. The molecule has 3 aliphatic carbocycles. The number of anilines is 1. The summed E-state index contributed by atoms with van der Waals surface area (Å²) in [5, 5.41) is 3.97. The van der Waals surface area contributed by atoms with Crippen LogP contribution in [0.5, 0.6) is 0 Å². The second-order valence-corrected chi connectivity index (χ2v) is 11.7. The molecular formula is C31H37N5OS. The van der Waals surface area contributed by atoms with Gasteiger partial charge >= 0.3 is 0 Å². The van der Waals surface area contributed by atoms with E-state index in [0.717, 1.165) is 73.0 Å². The smallest absolute Gasteiger partial charge is 0.263 e. The number of nitrogens with one attached hydrogen (secondary N) is 3. The molecule has 3 aliphatic rings. The summed E-state index contributed by atoms with van der Waals surface area (Å²) in [7, 11) is 0. The van der Waals surface area contributed by atoms with Crippen LogP contribution in [0.15, 0.2) is 53.3 Å². The molecule has 0 radical (unpaired) electrons. The minimum atomic E-state index is -0.166. The lowest BCUT2D eigenvalue weighted by Gasteiger charge is -2.42. The Balaban J connectivity index is 1.46. The van der Waals surface area contributed by atoms with Gasteiger partial charge in [0, 0.05) is 17.0 Å². The van der Waals surface area contributed by atoms with Crippen molar-refractivity contribution in [1.82, 2.24) is 20.3 Å². The molecule has 1 heterocycles. The number of para-hydroxylation sites is 1. The fraction of sp³-hybridized carbons (Fsp3) is 0.452. The number of fused-ring (bicyclic) bond motifs is 4. The number of hydrazine groups is 1. The van der Waals surface area contributed by atoms with Gasteiger partial charge in [0.2, 0.25) is 5.95 Å². The van der Waals surface area contributed by atoms with Crippen molar-refractivity contribution in [3.63, 3.8) is 0 Å². The Morgan fingerprint density at radius 1 is 0.974 bits per heavy atom. The van der Waals surface area contributed by atoms with Crippen molar-refractivity contribution >= 4 is 23.3 Å². The first-order valence-corrected chi connectivity index (χ1v) is 14.6. The maximum atomic E-state index is 14.6. The third-order valence-corrected chi connectivity index (χ3v) is 9.03. The molecule has 1 aromatic heterocycles. The van der Waals surface area contributed by atoms with Crippen LogP contribution < -0.4 is 21.7 Å². The summed E-state index contributed by atoms with van der Waals surface area (Å²) < 4.78 is 1.76. The van der Waals surface area contributed by atoms with E-state index < -0.39 is 0 Å². The fourth-order valence-corrected chi connectivity index (χ4v) is 7.13. The number of aromatic nitrogens is 2. The van der Waals surface area contributed by atoms with E-state index in [1.807, 2.05) is 37.3 Å². The monoisotopic (exact) mass is 527 g/mol. The lowest BCUT2D eigenvalue weighted by atomic mass is 9.62. The van der Waals surface area contributed by atoms with Gasteiger partial charge in [-0.2, -0.15) is 0 Å². The Morgan fingerprint density at radius 3 is 2.47 bits per heavy atom. The van der Waals surface area contributed by atoms with E-state index in [0.29, 0.717) is 17.1 Å². The van der Waals surface area contributed by atoms with E-state index in [-0.39, 0.29) is 11.0 Å². The second kappa shape index (κ2) is 10.5. The maximum absolute atomic E-state index is 14.6. The van der Waals surface area contributed by atoms with E-state index in [4.69, 9.17) is 17.2 Å². The molecule has 1 spiro atoms. The summed E-state index contributed by atoms with van der Waals surface area (Å²) in [5.41, 5.74) is 12.2. The molecule has 38 heavy (non-hydrogen) atoms. The number of aryl methyl sites for hydroxylation is 1. The third-order valence-electron chi connectivity index (χ3n) is 8.81. The molecule has 0 atom stereocenters. The number of thiocarbonyl (C=S) groups is 1. The van der Waals surface area contributed by atoms with Crippen LogP contribution in [0.4, 0.5) is 5.95 Å². The summed E-state index contributed by atoms with van der Waals surface area (Å²) >= 11 is 5.63. The predicted molar refractivity (Wildman–Crippen MR) is 158 cm³/mol. The van der Waals surface area contributed by atoms with Crippen LogP contribution in [-0.2, 0) is 11.8 Å². The predicted octanol–water partition coefficient (Wildman–Crippen LogP) is 6.09. The minimum Gasteiger partial charge on any atom is -0.359 e. The highest BCUT2D eigenvalue weighted by Crippen LogP contribution is 2.48. The summed E-state index contributed by atoms with van der Waals surface area (Å²) in [5.74, 6) is 0.457. The lowest BCUT2D eigenvalue weighted by Crippen LogP contribution is -2.47. The largest absolute Gasteiger partial charge is 0.359 e. The topological polar surface area (TPSA) is 71.0 Å². The highest BCUT2D eigenvalue weighted by molar-refractivity contribution is 7.80. The highest BCUT2D eigenvalue weighted by atomic mass is 32.1. The van der Waals surface area contributed by atoms with Crippen molar-refractivity contribution in [2.75, 3.05) is 5.43 Å². The van der Waals surface area contributed by atoms with Gasteiger partial charge < -0.3 is 5.32 Å². The molecule has 3 aromatic rings. The van der Waals surface area contributed by atoms with E-state index in [2.05, 4.69) is 34.4 Å². The molecular weight excluding hydrogens is 490 g/mol. The van der Waals surface area contributed by atoms with E-state index >= 15 is 0 Å². The molecule has 7 heteroatoms. The summed E-state index contributed by atoms with van der Waals surface area (Å²) in [4.78, 5) is 19.8. The number of benzene rings is 2. The molecule has 0 unspecified atom stereocenters. The summed E-state index contributed by atoms with van der Waals surface area (Å²) in [6.45, 7) is 2.04. The highest BCUT2D eigenvalue weighted by Gasteiger charge is 2.43. The zero-order valence-corrected chi connectivity index (χ0v) is 23.0. The molecule has 0 amide bonds. The maximum Gasteiger partial charge on any atom is 0.263 e. The average molecular weight is 528 g/mol. The van der Waals surface area contributed by atoms with Crippen LogP contribution in [0.3, 0.4) is 0 Å². The van der Waals surface area contributed by atoms with Gasteiger partial charge in [0.05, 0.1) is 16.9 Å². The fourth-order valence-electron chi connectivity index (χ4n) is 6.91. The normalized spacial score (nSPS) is 18.3. The molecule has 0 saturated heterocycles. The van der Waals surface area contributed by atoms with Crippen LogP contribution in [0.1, 0.15) is 80.9 Å². The Morgan fingerprint density at radius 2 is 1.68 bits per heavy atom. The second-order valence-electron chi connectivity index (χ2n) is 11.3. The quantitative estimate of drug-likeness (QED) is 0.282. The Kier molecular flexibility index (Phi) is 6.95. The zero-order valence-electron chi connectivity index (χ0n) is 22.2. The van der Waals surface area contributed by atoms with Gasteiger partial charge in [-0.1, -0.05) is 81.0 Å². The van der Waals surface area contributed by atoms with Gasteiger partial charge in [-0.3, -0.25) is 15.6 Å². The van der Waals surface area contributed by atoms with Crippen LogP contribution in [0, 0.1) is 6.92 Å². The third kappa shape index (κ3) is 4.62. The number of nitrogens with zero attached hydrogens (tertiary/aromatic N) is 2. The average Bonchev–Trinajstić information content (AvgIpc) is 2.93. The number of hydrogen-bond acceptors (Lipinski definition) is 4. The molecule has 2 saturated carbocycles. The first kappa shape index (κ1) is 25.1. The van der Waals surface area contributed by atoms with Crippen molar-refractivity contribution in [3.05, 3.63) is 75.6 Å². The molecule has 0 bridgehead atoms. The Bertz CT molecular complexity index is 1400. The molecule has 6 nitrogen and oxygen atoms in total. The molecule has 2 fully saturated rings. The number of rotatable bonds is 4. The standard InChI is InChI=1S/C31H37N5OS/c1-21-12-6-9-17-25(21)36-28(37)26-27(33-29(36)34-35-30(38)32-23-14-4-2-5-15-23)24-16-8-7-13-22(24)20-31(26)18-10-3-11-19-31/h6-9,12-13,16-17,23H,2-5,10-11,14-15,18-20H2,1H3,(H,33,34)(H2,32,35,38). The number of hydrogen-bond donors (Lipinski definition) is 3. The lowest BCUT2D eigenvalue weighted by molar-refractivity contribution is 0.284. The summed E-state index contributed by atoms with van der Waals surface area (Å²) in [6, 6.07) is 16.9. The van der Waals surface area contributed by atoms with Gasteiger partial charge in [-0.05, 0) is 68.4 Å². The van der Waals surface area contributed by atoms with Crippen molar-refractivity contribution in [2.45, 2.75) is 89.0 Å². The van der Waals surface area contributed by atoms with E-state index in [9.17, 15) is 4.79 Å². The first-order chi connectivity index (χ1) is 18.6. The molecule has 198 valence electrons. The van der Waals surface area contributed by atoms with Crippen LogP contribution in [0.2, 0.25) is 0 Å². The minimum absolute atomic E-state index is 0.0242. The molecule has 6 rings (SSSR count). The molecule has 0 aliphatic heterocycles. The Labute approximate surface area is 230 Å². The van der Waals surface area contributed by atoms with Gasteiger partial charge in [0.25, 0.3) is 5.56 Å². The van der Waals surface area contributed by atoms with Crippen LogP contribution in [0.25, 0.3) is 16.9 Å². The summed E-state index contributed by atoms with van der Waals surface area (Å²) in [6.07, 6.45) is 12.5. The molecule has 2 aromatic carbocycles. The zero-order chi connectivity index (χ0) is 26.1. The van der Waals surface area contributed by atoms with Crippen molar-refractivity contribution < 1.29 is 0 Å². The van der Waals surface area contributed by atoms with Gasteiger partial charge in [0.15, 0.2) is 5.11 Å². The van der Waals surface area contributed by atoms with E-state index in [1.54, 1.807) is 4.57 Å². The Hall–Kier alpha value is -3.19. The van der Waals surface area contributed by atoms with Crippen molar-refractivity contribution in [2.24, 2.45) is 0 Å². The van der Waals surface area contributed by atoms with Crippen molar-refractivity contribution in [3.8, 4) is 16.9 Å². The van der Waals surface area contributed by atoms with Crippen LogP contribution >= 0.6 is 12.2 Å². The SMILES string of the molecule is Cc1ccccc1-n1c(NNC(=S)NC2CCCCC2)nc2c(c1=O)C1(CCCCC1)Cc1ccccc1-2. The van der Waals surface area contributed by atoms with Crippen LogP contribution in [-0.4, -0.2) is 20.7 Å². The van der Waals surface area contributed by atoms with Gasteiger partial charge in [-0.25, -0.2) is 9.55 Å². The van der Waals surface area contributed by atoms with Gasteiger partial charge in [0.1, 0.15) is 0 Å². The van der Waals surface area contributed by atoms with E-state index in [1.165, 1.54) is 31.2 Å².